The molecule has 6 nitrogen and oxygen atoms in total. The molecule has 0 spiro atoms. The minimum Gasteiger partial charge on any atom is -0.493 e. The molecule has 166 valence electrons. The summed E-state index contributed by atoms with van der Waals surface area (Å²) in [5.41, 5.74) is 1.23. The van der Waals surface area contributed by atoms with Crippen molar-refractivity contribution in [3.63, 3.8) is 0 Å². The van der Waals surface area contributed by atoms with Gasteiger partial charge in [-0.25, -0.2) is 0 Å². The van der Waals surface area contributed by atoms with Crippen LogP contribution in [0, 0.1) is 0 Å². The van der Waals surface area contributed by atoms with E-state index in [1.807, 2.05) is 35.6 Å². The number of hydrogen-bond donors (Lipinski definition) is 1. The van der Waals surface area contributed by atoms with Gasteiger partial charge in [-0.2, -0.15) is 13.2 Å². The Bertz CT molecular complexity index is 919. The average molecular weight is 436 g/mol. The fourth-order valence-corrected chi connectivity index (χ4v) is 3.41. The second kappa shape index (κ2) is 9.72. The summed E-state index contributed by atoms with van der Waals surface area (Å²) < 4.78 is 48.3. The van der Waals surface area contributed by atoms with Crippen molar-refractivity contribution in [3.05, 3.63) is 59.7 Å². The Morgan fingerprint density at radius 1 is 1.13 bits per heavy atom. The minimum absolute atomic E-state index is 0.263. The van der Waals surface area contributed by atoms with Crippen LogP contribution in [-0.2, 0) is 11.4 Å². The Morgan fingerprint density at radius 2 is 1.87 bits per heavy atom. The SMILES string of the molecule is COc1cc(C(=O)N2CCCC2C(=O)NCC(F)(F)F)ccc1OCc1ccccc1. The highest BCUT2D eigenvalue weighted by Crippen LogP contribution is 2.30. The van der Waals surface area contributed by atoms with Crippen molar-refractivity contribution in [1.82, 2.24) is 10.2 Å². The third-order valence-electron chi connectivity index (χ3n) is 4.93. The van der Waals surface area contributed by atoms with E-state index in [9.17, 15) is 22.8 Å². The first-order chi connectivity index (χ1) is 14.8. The number of nitrogens with one attached hydrogen (secondary N) is 1. The fourth-order valence-electron chi connectivity index (χ4n) is 3.41. The van der Waals surface area contributed by atoms with E-state index in [-0.39, 0.29) is 12.1 Å². The second-order valence-corrected chi connectivity index (χ2v) is 7.13. The van der Waals surface area contributed by atoms with Crippen molar-refractivity contribution < 1.29 is 32.2 Å². The largest absolute Gasteiger partial charge is 0.493 e. The minimum atomic E-state index is -4.51. The number of hydrogen-bond acceptors (Lipinski definition) is 4. The molecule has 1 aliphatic rings. The predicted octanol–water partition coefficient (Wildman–Crippen LogP) is 3.56. The fraction of sp³-hybridized carbons (Fsp3) is 0.364. The zero-order valence-electron chi connectivity index (χ0n) is 16.9. The Labute approximate surface area is 177 Å². The van der Waals surface area contributed by atoms with Crippen molar-refractivity contribution >= 4 is 11.8 Å². The maximum atomic E-state index is 12.9. The molecule has 1 saturated heterocycles. The molecule has 2 aromatic rings. The van der Waals surface area contributed by atoms with Crippen LogP contribution in [0.5, 0.6) is 11.5 Å². The number of benzene rings is 2. The van der Waals surface area contributed by atoms with Crippen LogP contribution < -0.4 is 14.8 Å². The molecular weight excluding hydrogens is 413 g/mol. The number of alkyl halides is 3. The third-order valence-corrected chi connectivity index (χ3v) is 4.93. The van der Waals surface area contributed by atoms with Gasteiger partial charge in [-0.05, 0) is 36.6 Å². The van der Waals surface area contributed by atoms with Crippen LogP contribution in [0.2, 0.25) is 0 Å². The summed E-state index contributed by atoms with van der Waals surface area (Å²) in [4.78, 5) is 26.4. The van der Waals surface area contributed by atoms with Crippen LogP contribution in [0.25, 0.3) is 0 Å². The van der Waals surface area contributed by atoms with E-state index in [0.717, 1.165) is 5.56 Å². The number of ether oxygens (including phenoxy) is 2. The highest BCUT2D eigenvalue weighted by atomic mass is 19.4. The van der Waals surface area contributed by atoms with Crippen molar-refractivity contribution in [1.29, 1.82) is 0 Å². The van der Waals surface area contributed by atoms with Crippen LogP contribution in [0.4, 0.5) is 13.2 Å². The number of amides is 2. The lowest BCUT2D eigenvalue weighted by atomic mass is 10.1. The van der Waals surface area contributed by atoms with Crippen LogP contribution in [0.15, 0.2) is 48.5 Å². The number of methoxy groups -OCH3 is 1. The van der Waals surface area contributed by atoms with Gasteiger partial charge >= 0.3 is 6.18 Å². The summed E-state index contributed by atoms with van der Waals surface area (Å²) in [6.45, 7) is -0.818. The van der Waals surface area contributed by atoms with E-state index in [4.69, 9.17) is 9.47 Å². The first-order valence-electron chi connectivity index (χ1n) is 9.78. The van der Waals surface area contributed by atoms with Gasteiger partial charge in [0.1, 0.15) is 19.2 Å². The lowest BCUT2D eigenvalue weighted by Gasteiger charge is -2.24. The number of nitrogens with zero attached hydrogens (tertiary/aromatic N) is 1. The zero-order chi connectivity index (χ0) is 22.4. The van der Waals surface area contributed by atoms with Gasteiger partial charge in [-0.3, -0.25) is 9.59 Å². The van der Waals surface area contributed by atoms with E-state index in [2.05, 4.69) is 0 Å². The van der Waals surface area contributed by atoms with Gasteiger partial charge in [0.05, 0.1) is 7.11 Å². The van der Waals surface area contributed by atoms with Gasteiger partial charge in [0.15, 0.2) is 11.5 Å². The molecule has 1 heterocycles. The standard InChI is InChI=1S/C22H23F3N2O4/c1-30-19-12-16(9-10-18(19)31-13-15-6-3-2-4-7-15)21(29)27-11-5-8-17(27)20(28)26-14-22(23,24)25/h2-4,6-7,9-10,12,17H,5,8,11,13-14H2,1H3,(H,26,28). The van der Waals surface area contributed by atoms with Crippen molar-refractivity contribution in [2.45, 2.75) is 31.7 Å². The normalized spacial score (nSPS) is 16.1. The lowest BCUT2D eigenvalue weighted by Crippen LogP contribution is -2.48. The predicted molar refractivity (Wildman–Crippen MR) is 107 cm³/mol. The van der Waals surface area contributed by atoms with Gasteiger partial charge in [-0.15, -0.1) is 0 Å². The first-order valence-corrected chi connectivity index (χ1v) is 9.78. The van der Waals surface area contributed by atoms with Crippen molar-refractivity contribution in [2.75, 3.05) is 20.2 Å². The highest BCUT2D eigenvalue weighted by Gasteiger charge is 2.36. The Balaban J connectivity index is 1.69. The summed E-state index contributed by atoms with van der Waals surface area (Å²) in [7, 11) is 1.45. The Morgan fingerprint density at radius 3 is 2.55 bits per heavy atom. The molecule has 2 amide bonds. The maximum absolute atomic E-state index is 12.9. The third kappa shape index (κ3) is 5.90. The molecule has 0 bridgehead atoms. The molecule has 1 aliphatic heterocycles. The molecule has 1 unspecified atom stereocenters. The molecule has 9 heteroatoms. The lowest BCUT2D eigenvalue weighted by molar-refractivity contribution is -0.140. The summed E-state index contributed by atoms with van der Waals surface area (Å²) in [5.74, 6) is -0.460. The van der Waals surface area contributed by atoms with Crippen LogP contribution in [-0.4, -0.2) is 49.1 Å². The number of carbonyl (C=O) groups is 2. The number of rotatable bonds is 7. The summed E-state index contributed by atoms with van der Waals surface area (Å²) in [6, 6.07) is 13.3. The molecule has 1 fully saturated rings. The molecule has 0 aliphatic carbocycles. The average Bonchev–Trinajstić information content (AvgIpc) is 3.25. The topological polar surface area (TPSA) is 67.9 Å². The van der Waals surface area contributed by atoms with Crippen LogP contribution in [0.1, 0.15) is 28.8 Å². The van der Waals surface area contributed by atoms with E-state index in [0.29, 0.717) is 30.9 Å². The van der Waals surface area contributed by atoms with Gasteiger partial charge < -0.3 is 19.7 Å². The monoisotopic (exact) mass is 436 g/mol. The van der Waals surface area contributed by atoms with Crippen LogP contribution >= 0.6 is 0 Å². The molecular formula is C22H23F3N2O4. The van der Waals surface area contributed by atoms with Crippen molar-refractivity contribution in [2.24, 2.45) is 0 Å². The second-order valence-electron chi connectivity index (χ2n) is 7.13. The molecule has 0 radical (unpaired) electrons. The number of halogens is 3. The van der Waals surface area contributed by atoms with E-state index >= 15 is 0 Å². The van der Waals surface area contributed by atoms with Crippen LogP contribution in [0.3, 0.4) is 0 Å². The van der Waals surface area contributed by atoms with Gasteiger partial charge in [0.25, 0.3) is 5.91 Å². The first kappa shape index (κ1) is 22.5. The van der Waals surface area contributed by atoms with Gasteiger partial charge in [0, 0.05) is 12.1 Å². The number of carbonyl (C=O) groups excluding carboxylic acids is 2. The molecule has 0 saturated carbocycles. The zero-order valence-corrected chi connectivity index (χ0v) is 16.9. The summed E-state index contributed by atoms with van der Waals surface area (Å²) in [5, 5.41) is 1.86. The molecule has 1 atom stereocenters. The molecule has 0 aromatic heterocycles. The van der Waals surface area contributed by atoms with Crippen molar-refractivity contribution in [3.8, 4) is 11.5 Å². The van der Waals surface area contributed by atoms with E-state index in [1.165, 1.54) is 18.1 Å². The highest BCUT2D eigenvalue weighted by molar-refractivity contribution is 5.98. The number of likely N-dealkylation sites (tertiary alicyclic amines) is 1. The van der Waals surface area contributed by atoms with E-state index < -0.39 is 30.6 Å². The molecule has 1 N–H and O–H groups in total. The quantitative estimate of drug-likeness (QED) is 0.721. The summed E-state index contributed by atoms with van der Waals surface area (Å²) in [6.07, 6.45) is -3.66. The smallest absolute Gasteiger partial charge is 0.405 e. The summed E-state index contributed by atoms with van der Waals surface area (Å²) >= 11 is 0. The Kier molecular flexibility index (Phi) is 7.04. The maximum Gasteiger partial charge on any atom is 0.405 e. The van der Waals surface area contributed by atoms with Gasteiger partial charge in [-0.1, -0.05) is 30.3 Å². The Hall–Kier alpha value is -3.23. The van der Waals surface area contributed by atoms with Gasteiger partial charge in [0.2, 0.25) is 5.91 Å². The molecule has 31 heavy (non-hydrogen) atoms. The van der Waals surface area contributed by atoms with E-state index in [1.54, 1.807) is 12.1 Å². The molecule has 2 aromatic carbocycles. The molecule has 3 rings (SSSR count).